The van der Waals surface area contributed by atoms with E-state index in [2.05, 4.69) is 15.0 Å². The number of rotatable bonds is 7. The van der Waals surface area contributed by atoms with Crippen LogP contribution >= 0.6 is 22.9 Å². The van der Waals surface area contributed by atoms with E-state index >= 15 is 0 Å². The summed E-state index contributed by atoms with van der Waals surface area (Å²) in [6, 6.07) is 13.6. The summed E-state index contributed by atoms with van der Waals surface area (Å²) in [6.45, 7) is 0.515. The summed E-state index contributed by atoms with van der Waals surface area (Å²) in [5.74, 6) is -0.165. The van der Waals surface area contributed by atoms with Gasteiger partial charge in [-0.25, -0.2) is 13.4 Å². The number of aryl methyl sites for hydroxylation is 1. The Morgan fingerprint density at radius 1 is 1.13 bits per heavy atom. The van der Waals surface area contributed by atoms with Crippen LogP contribution < -0.4 is 10.0 Å². The van der Waals surface area contributed by atoms with Gasteiger partial charge in [-0.1, -0.05) is 11.6 Å². The minimum Gasteiger partial charge on any atom is -0.347 e. The van der Waals surface area contributed by atoms with Gasteiger partial charge in [-0.3, -0.25) is 9.52 Å². The SMILES string of the molecule is O=C(CCn1ccc2cc(Cl)ccc21)Nc1ccc(S(=O)(=O)Nc2nccs2)cc1. The summed E-state index contributed by atoms with van der Waals surface area (Å²) >= 11 is 7.20. The number of carbonyl (C=O) groups is 1. The van der Waals surface area contributed by atoms with Crippen LogP contribution in [0.3, 0.4) is 0 Å². The van der Waals surface area contributed by atoms with Crippen LogP contribution in [0, 0.1) is 0 Å². The molecule has 30 heavy (non-hydrogen) atoms. The second kappa shape index (κ2) is 8.47. The molecule has 4 aromatic rings. The van der Waals surface area contributed by atoms with Gasteiger partial charge in [-0.2, -0.15) is 0 Å². The highest BCUT2D eigenvalue weighted by Gasteiger charge is 2.15. The molecule has 0 bridgehead atoms. The normalized spacial score (nSPS) is 11.5. The average molecular weight is 461 g/mol. The first kappa shape index (κ1) is 20.4. The Bertz CT molecular complexity index is 1280. The molecule has 154 valence electrons. The number of amides is 1. The van der Waals surface area contributed by atoms with Gasteiger partial charge in [-0.15, -0.1) is 11.3 Å². The summed E-state index contributed by atoms with van der Waals surface area (Å²) in [5, 5.41) is 6.46. The van der Waals surface area contributed by atoms with Gasteiger partial charge in [0.25, 0.3) is 10.0 Å². The maximum absolute atomic E-state index is 12.4. The van der Waals surface area contributed by atoms with E-state index in [4.69, 9.17) is 11.6 Å². The van der Waals surface area contributed by atoms with Crippen LogP contribution in [0.2, 0.25) is 5.02 Å². The van der Waals surface area contributed by atoms with E-state index in [-0.39, 0.29) is 17.2 Å². The van der Waals surface area contributed by atoms with Crippen molar-refractivity contribution in [2.45, 2.75) is 17.9 Å². The minimum absolute atomic E-state index is 0.0909. The Labute approximate surface area is 182 Å². The first-order valence-corrected chi connectivity index (χ1v) is 11.7. The van der Waals surface area contributed by atoms with Gasteiger partial charge >= 0.3 is 0 Å². The van der Waals surface area contributed by atoms with Crippen molar-refractivity contribution in [1.82, 2.24) is 9.55 Å². The number of carbonyl (C=O) groups excluding carboxylic acids is 1. The number of nitrogens with one attached hydrogen (secondary N) is 2. The van der Waals surface area contributed by atoms with Crippen molar-refractivity contribution in [1.29, 1.82) is 0 Å². The third kappa shape index (κ3) is 4.64. The number of thiazole rings is 1. The molecule has 0 aliphatic carbocycles. The van der Waals surface area contributed by atoms with Crippen molar-refractivity contribution in [2.75, 3.05) is 10.0 Å². The van der Waals surface area contributed by atoms with E-state index in [1.807, 2.05) is 35.0 Å². The zero-order chi connectivity index (χ0) is 21.1. The molecule has 0 aliphatic heterocycles. The fourth-order valence-corrected chi connectivity index (χ4v) is 4.95. The van der Waals surface area contributed by atoms with Gasteiger partial charge in [0, 0.05) is 52.4 Å². The van der Waals surface area contributed by atoms with E-state index in [0.717, 1.165) is 10.9 Å². The third-order valence-corrected chi connectivity index (χ3v) is 6.82. The summed E-state index contributed by atoms with van der Waals surface area (Å²) in [7, 11) is -3.72. The Balaban J connectivity index is 1.36. The Morgan fingerprint density at radius 2 is 1.93 bits per heavy atom. The lowest BCUT2D eigenvalue weighted by molar-refractivity contribution is -0.116. The van der Waals surface area contributed by atoms with Crippen LogP contribution in [0.1, 0.15) is 6.42 Å². The lowest BCUT2D eigenvalue weighted by atomic mass is 10.2. The predicted octanol–water partition coefficient (Wildman–Crippen LogP) is 4.58. The van der Waals surface area contributed by atoms with E-state index in [9.17, 15) is 13.2 Å². The Hall–Kier alpha value is -2.88. The fraction of sp³-hybridized carbons (Fsp3) is 0.100. The highest BCUT2D eigenvalue weighted by Crippen LogP contribution is 2.22. The number of anilines is 2. The predicted molar refractivity (Wildman–Crippen MR) is 120 cm³/mol. The number of nitrogens with zero attached hydrogens (tertiary/aromatic N) is 2. The summed E-state index contributed by atoms with van der Waals surface area (Å²) < 4.78 is 29.1. The van der Waals surface area contributed by atoms with Crippen LogP contribution in [0.25, 0.3) is 10.9 Å². The minimum atomic E-state index is -3.72. The number of fused-ring (bicyclic) bond motifs is 1. The number of aromatic nitrogens is 2. The molecule has 4 rings (SSSR count). The molecule has 0 spiro atoms. The number of benzene rings is 2. The molecule has 2 aromatic carbocycles. The van der Waals surface area contributed by atoms with Crippen LogP contribution in [0.15, 0.2) is 71.2 Å². The van der Waals surface area contributed by atoms with Crippen LogP contribution in [0.5, 0.6) is 0 Å². The number of hydrogen-bond acceptors (Lipinski definition) is 5. The van der Waals surface area contributed by atoms with E-state index < -0.39 is 10.0 Å². The molecule has 10 heteroatoms. The van der Waals surface area contributed by atoms with Crippen molar-refractivity contribution in [2.24, 2.45) is 0 Å². The van der Waals surface area contributed by atoms with Gasteiger partial charge in [0.1, 0.15) is 0 Å². The lowest BCUT2D eigenvalue weighted by Crippen LogP contribution is -2.15. The highest BCUT2D eigenvalue weighted by atomic mass is 35.5. The largest absolute Gasteiger partial charge is 0.347 e. The molecule has 0 unspecified atom stereocenters. The standard InChI is InChI=1S/C20H17ClN4O3S2/c21-15-1-6-18-14(13-15)7-10-25(18)11-8-19(26)23-16-2-4-17(5-3-16)30(27,28)24-20-22-9-12-29-20/h1-7,9-10,12-13H,8,11H2,(H,22,24)(H,23,26). The van der Waals surface area contributed by atoms with Gasteiger partial charge in [0.05, 0.1) is 4.90 Å². The quantitative estimate of drug-likeness (QED) is 0.422. The molecule has 1 amide bonds. The second-order valence-corrected chi connectivity index (χ2v) is 9.49. The van der Waals surface area contributed by atoms with Crippen molar-refractivity contribution >= 4 is 60.6 Å². The molecular formula is C20H17ClN4O3S2. The van der Waals surface area contributed by atoms with Crippen molar-refractivity contribution in [3.63, 3.8) is 0 Å². The molecule has 2 heterocycles. The van der Waals surface area contributed by atoms with Crippen LogP contribution in [0.4, 0.5) is 10.8 Å². The fourth-order valence-electron chi connectivity index (χ4n) is 2.98. The number of halogens is 1. The molecule has 0 fully saturated rings. The van der Waals surface area contributed by atoms with E-state index in [1.165, 1.54) is 29.7 Å². The average Bonchev–Trinajstić information content (AvgIpc) is 3.36. The smallest absolute Gasteiger partial charge is 0.263 e. The molecule has 7 nitrogen and oxygen atoms in total. The summed E-state index contributed by atoms with van der Waals surface area (Å²) in [5.41, 5.74) is 1.53. The molecule has 0 aliphatic rings. The van der Waals surface area contributed by atoms with Gasteiger partial charge in [0.2, 0.25) is 5.91 Å². The van der Waals surface area contributed by atoms with Crippen molar-refractivity contribution in [3.05, 3.63) is 71.3 Å². The number of hydrogen-bond donors (Lipinski definition) is 2. The summed E-state index contributed by atoms with van der Waals surface area (Å²) in [4.78, 5) is 16.3. The summed E-state index contributed by atoms with van der Waals surface area (Å²) in [6.07, 6.45) is 3.72. The highest BCUT2D eigenvalue weighted by molar-refractivity contribution is 7.93. The van der Waals surface area contributed by atoms with Gasteiger partial charge in [0.15, 0.2) is 5.13 Å². The van der Waals surface area contributed by atoms with Crippen LogP contribution in [-0.2, 0) is 21.4 Å². The monoisotopic (exact) mass is 460 g/mol. The molecule has 2 N–H and O–H groups in total. The maximum atomic E-state index is 12.4. The van der Waals surface area contributed by atoms with Crippen LogP contribution in [-0.4, -0.2) is 23.9 Å². The van der Waals surface area contributed by atoms with Crippen molar-refractivity contribution < 1.29 is 13.2 Å². The maximum Gasteiger partial charge on any atom is 0.263 e. The Kier molecular flexibility index (Phi) is 5.76. The molecule has 0 radical (unpaired) electrons. The molecule has 0 saturated carbocycles. The van der Waals surface area contributed by atoms with E-state index in [1.54, 1.807) is 17.5 Å². The van der Waals surface area contributed by atoms with E-state index in [0.29, 0.717) is 22.4 Å². The zero-order valence-electron chi connectivity index (χ0n) is 15.6. The second-order valence-electron chi connectivity index (χ2n) is 6.48. The first-order chi connectivity index (χ1) is 14.4. The zero-order valence-corrected chi connectivity index (χ0v) is 18.0. The molecular weight excluding hydrogens is 444 g/mol. The number of sulfonamides is 1. The van der Waals surface area contributed by atoms with Gasteiger partial charge in [-0.05, 0) is 48.5 Å². The van der Waals surface area contributed by atoms with Crippen molar-refractivity contribution in [3.8, 4) is 0 Å². The van der Waals surface area contributed by atoms with Gasteiger partial charge < -0.3 is 9.88 Å². The molecule has 0 saturated heterocycles. The third-order valence-electron chi connectivity index (χ3n) is 4.42. The Morgan fingerprint density at radius 3 is 2.67 bits per heavy atom. The lowest BCUT2D eigenvalue weighted by Gasteiger charge is -2.09. The first-order valence-electron chi connectivity index (χ1n) is 8.97. The molecule has 0 atom stereocenters. The molecule has 2 aromatic heterocycles. The topological polar surface area (TPSA) is 93.1 Å².